The van der Waals surface area contributed by atoms with Crippen molar-refractivity contribution in [2.75, 3.05) is 0 Å². The normalized spacial score (nSPS) is 11.1. The van der Waals surface area contributed by atoms with E-state index in [0.717, 1.165) is 9.09 Å². The average molecular weight is 310 g/mol. The van der Waals surface area contributed by atoms with Gasteiger partial charge in [-0.3, -0.25) is 5.10 Å². The Kier molecular flexibility index (Phi) is 2.53. The largest absolute Gasteiger partial charge is 0.435 e. The van der Waals surface area contributed by atoms with Gasteiger partial charge in [0.05, 0.1) is 5.52 Å². The van der Waals surface area contributed by atoms with Crippen molar-refractivity contribution in [1.29, 1.82) is 0 Å². The summed E-state index contributed by atoms with van der Waals surface area (Å²) in [5, 5.41) is 7.58. The number of nitrogens with one attached hydrogen (secondary N) is 1. The van der Waals surface area contributed by atoms with Gasteiger partial charge in [0.25, 0.3) is 0 Å². The van der Waals surface area contributed by atoms with Crippen molar-refractivity contribution in [3.05, 3.63) is 21.9 Å². The number of hydrogen-bond donors (Lipinski definition) is 1. The molecule has 1 heterocycles. The van der Waals surface area contributed by atoms with Crippen molar-refractivity contribution >= 4 is 33.5 Å². The maximum absolute atomic E-state index is 11.9. The zero-order valence-electron chi connectivity index (χ0n) is 6.80. The molecule has 0 aliphatic carbocycles. The highest BCUT2D eigenvalue weighted by atomic mass is 127. The van der Waals surface area contributed by atoms with E-state index in [4.69, 9.17) is 0 Å². The summed E-state index contributed by atoms with van der Waals surface area (Å²) in [7, 11) is 0. The molecule has 0 aliphatic heterocycles. The van der Waals surface area contributed by atoms with Crippen LogP contribution in [0.5, 0.6) is 5.75 Å². The zero-order valence-corrected chi connectivity index (χ0v) is 8.96. The fourth-order valence-electron chi connectivity index (χ4n) is 1.14. The summed E-state index contributed by atoms with van der Waals surface area (Å²) in [6.45, 7) is -2.80. The third-order valence-corrected chi connectivity index (χ3v) is 2.53. The van der Waals surface area contributed by atoms with Crippen LogP contribution in [0.15, 0.2) is 18.2 Å². The average Bonchev–Trinajstić information content (AvgIpc) is 2.46. The van der Waals surface area contributed by atoms with Crippen LogP contribution in [-0.2, 0) is 0 Å². The number of alkyl halides is 2. The van der Waals surface area contributed by atoms with E-state index >= 15 is 0 Å². The van der Waals surface area contributed by atoms with Crippen LogP contribution in [-0.4, -0.2) is 16.8 Å². The predicted octanol–water partition coefficient (Wildman–Crippen LogP) is 2.77. The quantitative estimate of drug-likeness (QED) is 0.866. The van der Waals surface area contributed by atoms with Crippen LogP contribution in [0.2, 0.25) is 0 Å². The van der Waals surface area contributed by atoms with Gasteiger partial charge in [0, 0.05) is 11.5 Å². The van der Waals surface area contributed by atoms with E-state index < -0.39 is 6.61 Å². The molecule has 6 heteroatoms. The monoisotopic (exact) mass is 310 g/mol. The number of H-pyrrole nitrogens is 1. The van der Waals surface area contributed by atoms with Gasteiger partial charge in [-0.1, -0.05) is 0 Å². The van der Waals surface area contributed by atoms with Crippen LogP contribution >= 0.6 is 22.6 Å². The smallest absolute Gasteiger partial charge is 0.387 e. The molecule has 0 bridgehead atoms. The van der Waals surface area contributed by atoms with E-state index in [0.29, 0.717) is 5.52 Å². The number of hydrogen-bond acceptors (Lipinski definition) is 2. The molecule has 1 aromatic carbocycles. The Morgan fingerprint density at radius 1 is 1.43 bits per heavy atom. The maximum Gasteiger partial charge on any atom is 0.387 e. The molecule has 1 N–H and O–H groups in total. The lowest BCUT2D eigenvalue weighted by molar-refractivity contribution is -0.0497. The van der Waals surface area contributed by atoms with Gasteiger partial charge in [0.1, 0.15) is 9.45 Å². The number of ether oxygens (including phenoxy) is 1. The molecule has 0 atom stereocenters. The standard InChI is InChI=1S/C8H5F2IN2O/c9-8(10)14-4-1-2-5-6(3-4)12-13-7(5)11/h1-3,8H,(H,12,13). The number of nitrogens with zero attached hydrogens (tertiary/aromatic N) is 1. The minimum absolute atomic E-state index is 0.121. The summed E-state index contributed by atoms with van der Waals surface area (Å²) in [6.07, 6.45) is 0. The van der Waals surface area contributed by atoms with Crippen molar-refractivity contribution in [3.8, 4) is 5.75 Å². The summed E-state index contributed by atoms with van der Waals surface area (Å²) in [6, 6.07) is 4.66. The predicted molar refractivity (Wildman–Crippen MR) is 55.4 cm³/mol. The van der Waals surface area contributed by atoms with Crippen molar-refractivity contribution in [1.82, 2.24) is 10.2 Å². The van der Waals surface area contributed by atoms with Gasteiger partial charge < -0.3 is 4.74 Å². The van der Waals surface area contributed by atoms with E-state index in [-0.39, 0.29) is 5.75 Å². The molecule has 2 aromatic rings. The maximum atomic E-state index is 11.9. The van der Waals surface area contributed by atoms with Gasteiger partial charge in [-0.15, -0.1) is 0 Å². The number of halogens is 3. The van der Waals surface area contributed by atoms with Gasteiger partial charge in [0.2, 0.25) is 0 Å². The zero-order chi connectivity index (χ0) is 10.1. The summed E-state index contributed by atoms with van der Waals surface area (Å²) in [5.74, 6) is 0.121. The molecule has 0 fully saturated rings. The summed E-state index contributed by atoms with van der Waals surface area (Å²) >= 11 is 2.08. The Balaban J connectivity index is 2.42. The fraction of sp³-hybridized carbons (Fsp3) is 0.125. The van der Waals surface area contributed by atoms with E-state index in [2.05, 4.69) is 37.5 Å². The van der Waals surface area contributed by atoms with Crippen LogP contribution in [0.4, 0.5) is 8.78 Å². The molecular weight excluding hydrogens is 305 g/mol. The Bertz CT molecular complexity index is 458. The molecule has 0 aliphatic rings. The Labute approximate surface area is 91.6 Å². The molecule has 3 nitrogen and oxygen atoms in total. The third-order valence-electron chi connectivity index (χ3n) is 1.71. The molecule has 74 valence electrons. The van der Waals surface area contributed by atoms with E-state index in [9.17, 15) is 8.78 Å². The Morgan fingerprint density at radius 3 is 2.93 bits per heavy atom. The lowest BCUT2D eigenvalue weighted by Crippen LogP contribution is -2.01. The Hall–Kier alpha value is -0.920. The second-order valence-corrected chi connectivity index (χ2v) is 3.67. The van der Waals surface area contributed by atoms with Crippen molar-refractivity contribution in [2.24, 2.45) is 0 Å². The van der Waals surface area contributed by atoms with Crippen molar-refractivity contribution in [3.63, 3.8) is 0 Å². The highest BCUT2D eigenvalue weighted by molar-refractivity contribution is 14.1. The molecule has 0 amide bonds. The van der Waals surface area contributed by atoms with Crippen molar-refractivity contribution < 1.29 is 13.5 Å². The third kappa shape index (κ3) is 1.79. The first kappa shape index (κ1) is 9.63. The minimum atomic E-state index is -2.80. The van der Waals surface area contributed by atoms with Gasteiger partial charge in [-0.05, 0) is 34.7 Å². The van der Waals surface area contributed by atoms with E-state index in [1.807, 2.05) is 0 Å². The van der Waals surface area contributed by atoms with Gasteiger partial charge >= 0.3 is 6.61 Å². The van der Waals surface area contributed by atoms with E-state index in [1.165, 1.54) is 12.1 Å². The number of aromatic amines is 1. The molecule has 1 aromatic heterocycles. The molecule has 14 heavy (non-hydrogen) atoms. The van der Waals surface area contributed by atoms with Crippen LogP contribution in [0.1, 0.15) is 0 Å². The van der Waals surface area contributed by atoms with Crippen LogP contribution < -0.4 is 4.74 Å². The number of fused-ring (bicyclic) bond motifs is 1. The van der Waals surface area contributed by atoms with Crippen molar-refractivity contribution in [2.45, 2.75) is 6.61 Å². The van der Waals surface area contributed by atoms with E-state index in [1.54, 1.807) is 6.07 Å². The number of benzene rings is 1. The minimum Gasteiger partial charge on any atom is -0.435 e. The lowest BCUT2D eigenvalue weighted by Gasteiger charge is -2.02. The lowest BCUT2D eigenvalue weighted by atomic mass is 10.2. The molecule has 2 rings (SSSR count). The van der Waals surface area contributed by atoms with Gasteiger partial charge in [-0.2, -0.15) is 13.9 Å². The molecule has 0 unspecified atom stereocenters. The summed E-state index contributed by atoms with van der Waals surface area (Å²) in [5.41, 5.74) is 0.618. The van der Waals surface area contributed by atoms with Gasteiger partial charge in [-0.25, -0.2) is 0 Å². The topological polar surface area (TPSA) is 37.9 Å². The molecule has 0 saturated heterocycles. The molecular formula is C8H5F2IN2O. The Morgan fingerprint density at radius 2 is 2.21 bits per heavy atom. The fourth-order valence-corrected chi connectivity index (χ4v) is 1.71. The first-order valence-electron chi connectivity index (χ1n) is 3.75. The van der Waals surface area contributed by atoms with Crippen LogP contribution in [0, 0.1) is 3.70 Å². The number of aromatic nitrogens is 2. The molecule has 0 saturated carbocycles. The second-order valence-electron chi connectivity index (χ2n) is 2.60. The highest BCUT2D eigenvalue weighted by Gasteiger charge is 2.07. The first-order chi connectivity index (χ1) is 6.66. The SMILES string of the molecule is FC(F)Oc1ccc2c(I)[nH]nc2c1. The number of rotatable bonds is 2. The highest BCUT2D eigenvalue weighted by Crippen LogP contribution is 2.23. The van der Waals surface area contributed by atoms with Crippen LogP contribution in [0.25, 0.3) is 10.9 Å². The first-order valence-corrected chi connectivity index (χ1v) is 4.83. The summed E-state index contributed by atoms with van der Waals surface area (Å²) in [4.78, 5) is 0. The molecule has 0 spiro atoms. The second kappa shape index (κ2) is 3.68. The molecule has 0 radical (unpaired) electrons. The van der Waals surface area contributed by atoms with Gasteiger partial charge in [0.15, 0.2) is 0 Å². The summed E-state index contributed by atoms with van der Waals surface area (Å²) < 4.78 is 28.9. The van der Waals surface area contributed by atoms with Crippen LogP contribution in [0.3, 0.4) is 0 Å².